The second-order valence-corrected chi connectivity index (χ2v) is 6.44. The van der Waals surface area contributed by atoms with E-state index in [2.05, 4.69) is 10.3 Å². The van der Waals surface area contributed by atoms with E-state index < -0.39 is 4.92 Å². The number of rotatable bonds is 3. The van der Waals surface area contributed by atoms with Crippen molar-refractivity contribution in [2.45, 2.75) is 0 Å². The van der Waals surface area contributed by atoms with Crippen LogP contribution in [-0.4, -0.2) is 16.0 Å². The zero-order chi connectivity index (χ0) is 18.1. The van der Waals surface area contributed by atoms with Crippen molar-refractivity contribution in [3.63, 3.8) is 0 Å². The van der Waals surface area contributed by atoms with Crippen molar-refractivity contribution in [2.75, 3.05) is 0 Å². The van der Waals surface area contributed by atoms with Gasteiger partial charge in [0.25, 0.3) is 5.91 Å². The van der Waals surface area contributed by atoms with Crippen LogP contribution >= 0.6 is 11.8 Å². The molecule has 0 saturated carbocycles. The maximum Gasteiger partial charge on any atom is 0.433 e. The number of aliphatic imine (C=N–C) groups is 1. The van der Waals surface area contributed by atoms with Crippen LogP contribution in [0.15, 0.2) is 68.9 Å². The highest BCUT2D eigenvalue weighted by atomic mass is 32.2. The molecule has 2 heterocycles. The van der Waals surface area contributed by atoms with Crippen molar-refractivity contribution < 1.29 is 14.1 Å². The average molecular weight is 365 g/mol. The van der Waals surface area contributed by atoms with Crippen LogP contribution in [0.25, 0.3) is 16.8 Å². The zero-order valence-corrected chi connectivity index (χ0v) is 14.0. The molecule has 0 bridgehead atoms. The quantitative estimate of drug-likeness (QED) is 0.425. The molecule has 2 aromatic carbocycles. The van der Waals surface area contributed by atoms with Gasteiger partial charge < -0.3 is 9.73 Å². The molecule has 1 aromatic heterocycles. The van der Waals surface area contributed by atoms with Gasteiger partial charge in [-0.15, -0.1) is 0 Å². The molecule has 1 aliphatic heterocycles. The largest absolute Gasteiger partial charge is 0.433 e. The molecule has 0 aliphatic carbocycles. The monoisotopic (exact) mass is 365 g/mol. The molecule has 1 amide bonds. The summed E-state index contributed by atoms with van der Waals surface area (Å²) >= 11 is 1.16. The van der Waals surface area contributed by atoms with E-state index in [1.807, 2.05) is 42.5 Å². The van der Waals surface area contributed by atoms with Gasteiger partial charge in [0.2, 0.25) is 0 Å². The molecule has 7 nitrogen and oxygen atoms in total. The minimum absolute atomic E-state index is 0.237. The van der Waals surface area contributed by atoms with Gasteiger partial charge >= 0.3 is 5.88 Å². The first-order valence-electron chi connectivity index (χ1n) is 7.62. The van der Waals surface area contributed by atoms with Gasteiger partial charge in [-0.3, -0.25) is 14.9 Å². The Hall–Kier alpha value is -3.39. The third kappa shape index (κ3) is 3.09. The predicted octanol–water partition coefficient (Wildman–Crippen LogP) is 4.23. The molecule has 1 N–H and O–H groups in total. The summed E-state index contributed by atoms with van der Waals surface area (Å²) in [5, 5.41) is 15.8. The minimum atomic E-state index is -0.628. The van der Waals surface area contributed by atoms with Crippen LogP contribution in [0, 0.1) is 10.1 Å². The number of nitro groups is 1. The van der Waals surface area contributed by atoms with Crippen molar-refractivity contribution in [3.05, 3.63) is 75.4 Å². The van der Waals surface area contributed by atoms with E-state index in [1.165, 1.54) is 18.2 Å². The van der Waals surface area contributed by atoms with Crippen molar-refractivity contribution in [1.82, 2.24) is 5.32 Å². The van der Waals surface area contributed by atoms with Gasteiger partial charge in [-0.2, -0.15) is 0 Å². The number of hydrogen-bond donors (Lipinski definition) is 1. The van der Waals surface area contributed by atoms with E-state index in [0.717, 1.165) is 28.2 Å². The van der Waals surface area contributed by atoms with E-state index in [0.29, 0.717) is 10.1 Å². The third-order valence-electron chi connectivity index (χ3n) is 3.71. The van der Waals surface area contributed by atoms with Crippen LogP contribution in [0.5, 0.6) is 0 Å². The molecular weight excluding hydrogens is 354 g/mol. The molecule has 8 heteroatoms. The maximum atomic E-state index is 12.1. The molecule has 0 radical (unpaired) electrons. The summed E-state index contributed by atoms with van der Waals surface area (Å²) in [7, 11) is 0. The van der Waals surface area contributed by atoms with Gasteiger partial charge in [-0.05, 0) is 29.3 Å². The topological polar surface area (TPSA) is 97.7 Å². The van der Waals surface area contributed by atoms with Crippen LogP contribution in [0.2, 0.25) is 0 Å². The number of amides is 1. The van der Waals surface area contributed by atoms with E-state index in [9.17, 15) is 14.9 Å². The number of carbonyl (C=O) groups is 1. The van der Waals surface area contributed by atoms with E-state index in [1.54, 1.807) is 0 Å². The Labute approximate surface area is 151 Å². The van der Waals surface area contributed by atoms with Crippen LogP contribution in [0.1, 0.15) is 5.76 Å². The number of carbonyl (C=O) groups excluding carboxylic acids is 1. The summed E-state index contributed by atoms with van der Waals surface area (Å²) in [6, 6.07) is 16.3. The lowest BCUT2D eigenvalue weighted by atomic mass is 10.1. The molecule has 3 aromatic rings. The number of hydrogen-bond acceptors (Lipinski definition) is 6. The van der Waals surface area contributed by atoms with Gasteiger partial charge in [0.15, 0.2) is 5.17 Å². The number of thioether (sulfide) groups is 1. The van der Waals surface area contributed by atoms with E-state index in [-0.39, 0.29) is 17.6 Å². The highest BCUT2D eigenvalue weighted by molar-refractivity contribution is 8.18. The molecule has 0 spiro atoms. The Balaban J connectivity index is 1.63. The standard InChI is InChI=1S/C18H11N3O4S/c22-17-15(10-12-8-9-16(25-12)21(23)24)26-18(20-17)19-14-7-3-5-11-4-1-2-6-13(11)14/h1-10H,(H,19,20,22)/b15-10-. The van der Waals surface area contributed by atoms with Gasteiger partial charge in [0.1, 0.15) is 10.7 Å². The normalized spacial score (nSPS) is 17.2. The first-order valence-corrected chi connectivity index (χ1v) is 8.43. The molecule has 1 aliphatic rings. The summed E-state index contributed by atoms with van der Waals surface area (Å²) in [6.45, 7) is 0. The molecule has 4 rings (SSSR count). The summed E-state index contributed by atoms with van der Waals surface area (Å²) in [5.74, 6) is -0.460. The van der Waals surface area contributed by atoms with Crippen molar-refractivity contribution in [1.29, 1.82) is 0 Å². The number of nitrogens with one attached hydrogen (secondary N) is 1. The van der Waals surface area contributed by atoms with Crippen LogP contribution in [0.3, 0.4) is 0 Å². The number of fused-ring (bicyclic) bond motifs is 1. The number of nitrogens with zero attached hydrogens (tertiary/aromatic N) is 2. The Bertz CT molecular complexity index is 1100. The number of benzene rings is 2. The summed E-state index contributed by atoms with van der Waals surface area (Å²) < 4.78 is 5.06. The van der Waals surface area contributed by atoms with Gasteiger partial charge in [-0.1, -0.05) is 36.4 Å². The Morgan fingerprint density at radius 1 is 1.12 bits per heavy atom. The molecule has 128 valence electrons. The van der Waals surface area contributed by atoms with Gasteiger partial charge in [0.05, 0.1) is 16.7 Å². The predicted molar refractivity (Wildman–Crippen MR) is 100 cm³/mol. The highest BCUT2D eigenvalue weighted by Gasteiger charge is 2.25. The van der Waals surface area contributed by atoms with Gasteiger partial charge in [0, 0.05) is 11.5 Å². The van der Waals surface area contributed by atoms with Crippen LogP contribution in [0.4, 0.5) is 11.6 Å². The summed E-state index contributed by atoms with van der Waals surface area (Å²) in [5.41, 5.74) is 0.751. The molecule has 1 fully saturated rings. The SMILES string of the molecule is O=C1NC(=Nc2cccc3ccccc23)S/C1=C\c1ccc([N+](=O)[O-])o1. The number of furan rings is 1. The first-order chi connectivity index (χ1) is 12.6. The minimum Gasteiger partial charge on any atom is -0.401 e. The smallest absolute Gasteiger partial charge is 0.401 e. The first kappa shape index (κ1) is 16.1. The third-order valence-corrected chi connectivity index (χ3v) is 4.62. The molecule has 26 heavy (non-hydrogen) atoms. The number of amidine groups is 1. The fourth-order valence-corrected chi connectivity index (χ4v) is 3.36. The maximum absolute atomic E-state index is 12.1. The van der Waals surface area contributed by atoms with Crippen LogP contribution < -0.4 is 5.32 Å². The lowest BCUT2D eigenvalue weighted by molar-refractivity contribution is -0.402. The zero-order valence-electron chi connectivity index (χ0n) is 13.2. The molecule has 0 atom stereocenters. The van der Waals surface area contributed by atoms with Crippen molar-refractivity contribution >= 4 is 51.3 Å². The molecule has 0 unspecified atom stereocenters. The second kappa shape index (κ2) is 6.49. The average Bonchev–Trinajstić information content (AvgIpc) is 3.23. The fraction of sp³-hybridized carbons (Fsp3) is 0. The Kier molecular flexibility index (Phi) is 4.02. The lowest BCUT2D eigenvalue weighted by Crippen LogP contribution is -2.19. The fourth-order valence-electron chi connectivity index (χ4n) is 2.54. The Morgan fingerprint density at radius 3 is 2.73 bits per heavy atom. The van der Waals surface area contributed by atoms with Crippen molar-refractivity contribution in [3.8, 4) is 0 Å². The molecular formula is C18H11N3O4S. The lowest BCUT2D eigenvalue weighted by Gasteiger charge is -2.02. The van der Waals surface area contributed by atoms with E-state index >= 15 is 0 Å². The van der Waals surface area contributed by atoms with Gasteiger partial charge in [-0.25, -0.2) is 4.99 Å². The summed E-state index contributed by atoms with van der Waals surface area (Å²) in [6.07, 6.45) is 1.46. The van der Waals surface area contributed by atoms with Crippen molar-refractivity contribution in [2.24, 2.45) is 4.99 Å². The second-order valence-electron chi connectivity index (χ2n) is 5.41. The van der Waals surface area contributed by atoms with E-state index in [4.69, 9.17) is 4.42 Å². The summed E-state index contributed by atoms with van der Waals surface area (Å²) in [4.78, 5) is 27.0. The molecule has 1 saturated heterocycles. The highest BCUT2D eigenvalue weighted by Crippen LogP contribution is 2.31. The Morgan fingerprint density at radius 2 is 1.92 bits per heavy atom. The van der Waals surface area contributed by atoms with Crippen LogP contribution in [-0.2, 0) is 4.79 Å².